The highest BCUT2D eigenvalue weighted by molar-refractivity contribution is 8.00. The van der Waals surface area contributed by atoms with Crippen LogP contribution in [0.4, 0.5) is 4.79 Å². The molecule has 2 saturated carbocycles. The van der Waals surface area contributed by atoms with E-state index in [4.69, 9.17) is 37.1 Å². The number of esters is 3. The standard InChI is InChI=1S/C55H71NO15P2Si2/c1-32-37(65-49(61)43(69-73-72)41(34-22-16-13-17-23-34)56(50(62)68-51(3,4)5)47(59)35-24-18-14-19-25-35)29-55(63)46(66-48(60)36-26-20-15-21-27-36)44-53(8)38(28-39-54(44,30-64-39)67-33(2)57)70-74(9,10)31-75(11,12)71-42(45(53)58)40(32)52(55,6)7/h13-27,37-39,41-44,46,63,73H,28-31,72H2,1-12H3/t37-,38-,39+,41-,42+,43+,44?,46-,53+,54-,55+/m0/s1. The molecule has 3 aliphatic carbocycles. The number of hydrogen-bond donors (Lipinski definition) is 1. The maximum Gasteiger partial charge on any atom is 0.418 e. The van der Waals surface area contributed by atoms with Crippen molar-refractivity contribution in [1.82, 2.24) is 4.90 Å². The van der Waals surface area contributed by atoms with Crippen molar-refractivity contribution >= 4 is 69.8 Å². The number of hydrogen-bond acceptors (Lipinski definition) is 15. The molecule has 2 aliphatic heterocycles. The van der Waals surface area contributed by atoms with Crippen LogP contribution in [0.3, 0.4) is 0 Å². The average molecular weight is 1100 g/mol. The fourth-order valence-electron chi connectivity index (χ4n) is 12.8. The lowest BCUT2D eigenvalue weighted by Gasteiger charge is -2.68. The van der Waals surface area contributed by atoms with Gasteiger partial charge in [-0.1, -0.05) is 89.5 Å². The van der Waals surface area contributed by atoms with Crippen molar-refractivity contribution in [3.63, 3.8) is 0 Å². The van der Waals surface area contributed by atoms with E-state index in [9.17, 15) is 24.3 Å². The normalized spacial score (nSPS) is 31.3. The summed E-state index contributed by atoms with van der Waals surface area (Å²) in [5, 5.41) is 14.4. The Morgan fingerprint density at radius 1 is 0.840 bits per heavy atom. The molecule has 8 rings (SSSR count). The predicted molar refractivity (Wildman–Crippen MR) is 287 cm³/mol. The third-order valence-electron chi connectivity index (χ3n) is 15.8. The van der Waals surface area contributed by atoms with Gasteiger partial charge in [0.1, 0.15) is 41.7 Å². The molecule has 2 saturated heterocycles. The minimum atomic E-state index is -2.93. The summed E-state index contributed by atoms with van der Waals surface area (Å²) in [4.78, 5) is 90.7. The highest BCUT2D eigenvalue weighted by atomic mass is 32.0. The summed E-state index contributed by atoms with van der Waals surface area (Å²) in [5.74, 6) is -5.07. The molecule has 404 valence electrons. The quantitative estimate of drug-likeness (QED) is 0.0626. The van der Waals surface area contributed by atoms with E-state index in [1.54, 1.807) is 139 Å². The minimum Gasteiger partial charge on any atom is -0.456 e. The lowest BCUT2D eigenvalue weighted by molar-refractivity contribution is -0.344. The third kappa shape index (κ3) is 10.4. The number of ketones is 1. The van der Waals surface area contributed by atoms with Crippen LogP contribution in [0.2, 0.25) is 31.9 Å². The topological polar surface area (TPSA) is 200 Å². The van der Waals surface area contributed by atoms with E-state index in [0.29, 0.717) is 22.4 Å². The van der Waals surface area contributed by atoms with Gasteiger partial charge in [-0.05, 0) is 107 Å². The van der Waals surface area contributed by atoms with Gasteiger partial charge in [-0.25, -0.2) is 19.3 Å². The highest BCUT2D eigenvalue weighted by Gasteiger charge is 2.79. The van der Waals surface area contributed by atoms with Crippen molar-refractivity contribution in [3.8, 4) is 0 Å². The molecule has 3 aromatic rings. The Morgan fingerprint density at radius 2 is 1.41 bits per heavy atom. The zero-order chi connectivity index (χ0) is 54.8. The lowest BCUT2D eigenvalue weighted by atomic mass is 9.44. The van der Waals surface area contributed by atoms with E-state index in [1.165, 1.54) is 6.92 Å². The second kappa shape index (κ2) is 20.7. The van der Waals surface area contributed by atoms with Crippen LogP contribution in [0.1, 0.15) is 101 Å². The predicted octanol–water partition coefficient (Wildman–Crippen LogP) is 9.23. The Labute approximate surface area is 445 Å². The van der Waals surface area contributed by atoms with Gasteiger partial charge in [-0.2, -0.15) is 0 Å². The molecule has 13 atom stereocenters. The van der Waals surface area contributed by atoms with Gasteiger partial charge in [0.25, 0.3) is 5.91 Å². The zero-order valence-corrected chi connectivity index (χ0v) is 48.9. The summed E-state index contributed by atoms with van der Waals surface area (Å²) in [6.45, 7) is 21.3. The first-order valence-electron chi connectivity index (χ1n) is 25.4. The number of ether oxygens (including phenoxy) is 5. The van der Waals surface area contributed by atoms with E-state index >= 15 is 9.59 Å². The molecule has 0 spiro atoms. The van der Waals surface area contributed by atoms with Gasteiger partial charge in [-0.15, -0.1) is 0 Å². The second-order valence-electron chi connectivity index (χ2n) is 23.5. The number of aliphatic hydroxyl groups is 1. The van der Waals surface area contributed by atoms with Gasteiger partial charge in [0.2, 0.25) is 0 Å². The fraction of sp³-hybridized carbons (Fsp3) is 0.527. The summed E-state index contributed by atoms with van der Waals surface area (Å²) in [5.41, 5.74) is -6.26. The molecule has 5 aliphatic rings. The SMILES string of the molecule is CC(=O)O[C@@]12CO[C@@H]1C[C@@H]1O[Si](C)(C)C[Si](C)(C)O[C@H]3C(=O)[C@@]1(C)C2[C@H](OC(=O)c1ccccc1)[C@]1(O)C[C@H](OC(=O)[C@H](OPP)[C@H](c2ccccc2)N(C(=O)OC(C)(C)C)C(=O)c2ccccc2)C(C)=C3C1(C)C. The number of imide groups is 1. The van der Waals surface area contributed by atoms with Crippen LogP contribution in [-0.4, -0.2) is 122 Å². The molecule has 2 heterocycles. The molecule has 4 bridgehead atoms. The van der Waals surface area contributed by atoms with Crippen LogP contribution in [0.15, 0.2) is 102 Å². The molecule has 3 aromatic carbocycles. The number of carbonyl (C=O) groups excluding carboxylic acids is 6. The summed E-state index contributed by atoms with van der Waals surface area (Å²) in [7, 11) is -3.71. The number of rotatable bonds is 11. The number of amides is 2. The summed E-state index contributed by atoms with van der Waals surface area (Å²) in [6.07, 6.45) is -9.19. The largest absolute Gasteiger partial charge is 0.456 e. The van der Waals surface area contributed by atoms with Crippen molar-refractivity contribution in [2.75, 3.05) is 6.61 Å². The van der Waals surface area contributed by atoms with Crippen molar-refractivity contribution < 1.29 is 70.9 Å². The third-order valence-corrected chi connectivity index (χ3v) is 25.2. The van der Waals surface area contributed by atoms with Gasteiger partial charge in [0.15, 0.2) is 34.1 Å². The zero-order valence-electron chi connectivity index (χ0n) is 44.8. The minimum absolute atomic E-state index is 0.128. The van der Waals surface area contributed by atoms with Gasteiger partial charge < -0.3 is 42.2 Å². The number of carbonyl (C=O) groups is 6. The molecular weight excluding hydrogens is 1030 g/mol. The number of fused-ring (bicyclic) bond motifs is 6. The average Bonchev–Trinajstić information content (AvgIpc) is 3.35. The van der Waals surface area contributed by atoms with Crippen LogP contribution in [-0.2, 0) is 51.4 Å². The molecule has 75 heavy (non-hydrogen) atoms. The van der Waals surface area contributed by atoms with Crippen LogP contribution in [0.5, 0.6) is 0 Å². The number of nitrogens with zero attached hydrogens (tertiary/aromatic N) is 1. The first kappa shape index (κ1) is 56.7. The van der Waals surface area contributed by atoms with Crippen molar-refractivity contribution in [3.05, 3.63) is 119 Å². The van der Waals surface area contributed by atoms with E-state index in [2.05, 4.69) is 22.0 Å². The smallest absolute Gasteiger partial charge is 0.418 e. The lowest BCUT2D eigenvalue weighted by Crippen LogP contribution is -2.82. The van der Waals surface area contributed by atoms with Crippen molar-refractivity contribution in [1.29, 1.82) is 0 Å². The van der Waals surface area contributed by atoms with E-state index in [-0.39, 0.29) is 24.2 Å². The van der Waals surface area contributed by atoms with Gasteiger partial charge in [0.05, 0.1) is 29.6 Å². The maximum absolute atomic E-state index is 16.6. The Balaban J connectivity index is 1.36. The van der Waals surface area contributed by atoms with E-state index < -0.39 is 143 Å². The molecule has 2 amide bonds. The first-order chi connectivity index (χ1) is 35.0. The summed E-state index contributed by atoms with van der Waals surface area (Å²) < 4.78 is 52.9. The van der Waals surface area contributed by atoms with Gasteiger partial charge in [-0.3, -0.25) is 14.4 Å². The van der Waals surface area contributed by atoms with Crippen LogP contribution >= 0.6 is 17.4 Å². The Kier molecular flexibility index (Phi) is 15.7. The molecule has 4 fully saturated rings. The number of Topliss-reactive ketones (excluding diaryl/α,β-unsaturated/α-hetero) is 1. The monoisotopic (exact) mass is 1100 g/mol. The van der Waals surface area contributed by atoms with Crippen molar-refractivity contribution in [2.45, 2.75) is 160 Å². The molecular formula is C55H71NO15P2Si2. The molecule has 1 N–H and O–H groups in total. The Hall–Kier alpha value is -4.49. The molecule has 16 nitrogen and oxygen atoms in total. The van der Waals surface area contributed by atoms with Crippen molar-refractivity contribution in [2.24, 2.45) is 16.7 Å². The van der Waals surface area contributed by atoms with E-state index in [1.807, 2.05) is 13.1 Å². The Morgan fingerprint density at radius 3 is 1.96 bits per heavy atom. The van der Waals surface area contributed by atoms with Crippen LogP contribution < -0.4 is 0 Å². The van der Waals surface area contributed by atoms with Crippen LogP contribution in [0, 0.1) is 16.7 Å². The Bertz CT molecular complexity index is 2740. The van der Waals surface area contributed by atoms with Crippen LogP contribution in [0.25, 0.3) is 0 Å². The van der Waals surface area contributed by atoms with Gasteiger partial charge >= 0.3 is 24.0 Å². The van der Waals surface area contributed by atoms with Gasteiger partial charge in [0, 0.05) is 39.2 Å². The summed E-state index contributed by atoms with van der Waals surface area (Å²) >= 11 is 0. The van der Waals surface area contributed by atoms with E-state index in [0.717, 1.165) is 4.90 Å². The maximum atomic E-state index is 16.6. The highest BCUT2D eigenvalue weighted by Crippen LogP contribution is 2.66. The first-order valence-corrected chi connectivity index (χ1v) is 34.4. The number of benzene rings is 3. The molecule has 0 aromatic heterocycles. The summed E-state index contributed by atoms with van der Waals surface area (Å²) in [6, 6.07) is 23.3. The molecule has 3 unspecified atom stereocenters. The second-order valence-corrected chi connectivity index (χ2v) is 33.6. The molecule has 0 radical (unpaired) electrons. The molecule has 20 heteroatoms. The fourth-order valence-corrected chi connectivity index (χ4v) is 24.5.